The van der Waals surface area contributed by atoms with Gasteiger partial charge >= 0.3 is 0 Å². The third kappa shape index (κ3) is 5.86. The summed E-state index contributed by atoms with van der Waals surface area (Å²) in [7, 11) is 1.71. The van der Waals surface area contributed by atoms with Crippen LogP contribution in [0.3, 0.4) is 0 Å². The first-order valence-electron chi connectivity index (χ1n) is 13.6. The number of nitro benzene ring substituents is 1. The predicted octanol–water partition coefficient (Wildman–Crippen LogP) is 5.86. The standard InChI is InChI=1S/C30H35N5O5/c1-29(16-22-17-31-25-9-5-4-8-24(22)25,27(36)32-19-30(20-39-2)14-6-3-7-15-30)34-28-33-26(18-40-28)21-10-12-23(13-11-21)35(37)38/h4-5,8-13,17-18,31H,3,6-7,14-16,19-20H2,1-2H3,(H,32,36)(H,33,34)/t29-/m0/s1. The molecular weight excluding hydrogens is 510 g/mol. The second-order valence-electron chi connectivity index (χ2n) is 11.0. The fourth-order valence-electron chi connectivity index (χ4n) is 5.74. The predicted molar refractivity (Wildman–Crippen MR) is 153 cm³/mol. The number of methoxy groups -OCH3 is 1. The number of anilines is 1. The molecule has 0 aliphatic heterocycles. The summed E-state index contributed by atoms with van der Waals surface area (Å²) in [6, 6.07) is 14.3. The maximum atomic E-state index is 13.9. The summed E-state index contributed by atoms with van der Waals surface area (Å²) < 4.78 is 11.3. The van der Waals surface area contributed by atoms with Crippen LogP contribution in [0.15, 0.2) is 65.4 Å². The van der Waals surface area contributed by atoms with Crippen LogP contribution in [0.2, 0.25) is 0 Å². The summed E-state index contributed by atoms with van der Waals surface area (Å²) in [6.45, 7) is 2.99. The molecule has 0 radical (unpaired) electrons. The van der Waals surface area contributed by atoms with Crippen molar-refractivity contribution in [1.82, 2.24) is 15.3 Å². The van der Waals surface area contributed by atoms with Crippen molar-refractivity contribution in [3.05, 3.63) is 76.7 Å². The van der Waals surface area contributed by atoms with Gasteiger partial charge in [-0.3, -0.25) is 14.9 Å². The molecule has 2 heterocycles. The van der Waals surface area contributed by atoms with Gasteiger partial charge < -0.3 is 24.8 Å². The molecule has 1 saturated carbocycles. The number of oxazole rings is 1. The van der Waals surface area contributed by atoms with E-state index in [0.717, 1.165) is 42.1 Å². The Morgan fingerprint density at radius 1 is 1.18 bits per heavy atom. The molecule has 1 fully saturated rings. The second-order valence-corrected chi connectivity index (χ2v) is 11.0. The first-order chi connectivity index (χ1) is 19.3. The Kier molecular flexibility index (Phi) is 7.88. The number of para-hydroxylation sites is 1. The lowest BCUT2D eigenvalue weighted by Crippen LogP contribution is -2.54. The van der Waals surface area contributed by atoms with Crippen molar-refractivity contribution in [3.63, 3.8) is 0 Å². The van der Waals surface area contributed by atoms with E-state index in [1.165, 1.54) is 24.8 Å². The number of hydrogen-bond donors (Lipinski definition) is 3. The van der Waals surface area contributed by atoms with Gasteiger partial charge in [-0.25, -0.2) is 0 Å². The van der Waals surface area contributed by atoms with Gasteiger partial charge in [-0.05, 0) is 43.5 Å². The van der Waals surface area contributed by atoms with Gasteiger partial charge in [0.25, 0.3) is 11.7 Å². The number of H-pyrrole nitrogens is 1. The molecule has 2 aromatic carbocycles. The van der Waals surface area contributed by atoms with E-state index in [9.17, 15) is 14.9 Å². The van der Waals surface area contributed by atoms with Gasteiger partial charge in [0.05, 0.1) is 11.5 Å². The summed E-state index contributed by atoms with van der Waals surface area (Å²) >= 11 is 0. The minimum Gasteiger partial charge on any atom is -0.431 e. The minimum absolute atomic E-state index is 0.00206. The van der Waals surface area contributed by atoms with E-state index in [1.54, 1.807) is 19.2 Å². The van der Waals surface area contributed by atoms with Crippen LogP contribution in [-0.4, -0.2) is 46.6 Å². The third-order valence-corrected chi connectivity index (χ3v) is 7.97. The van der Waals surface area contributed by atoms with Crippen molar-refractivity contribution in [3.8, 4) is 11.3 Å². The van der Waals surface area contributed by atoms with E-state index < -0.39 is 10.5 Å². The summed E-state index contributed by atoms with van der Waals surface area (Å²) in [5.74, 6) is -0.158. The number of nitrogens with one attached hydrogen (secondary N) is 3. The average molecular weight is 546 g/mol. The van der Waals surface area contributed by atoms with E-state index in [0.29, 0.717) is 30.8 Å². The molecule has 1 aliphatic carbocycles. The molecule has 1 amide bonds. The van der Waals surface area contributed by atoms with Gasteiger partial charge in [0.15, 0.2) is 0 Å². The molecule has 40 heavy (non-hydrogen) atoms. The molecule has 10 heteroatoms. The van der Waals surface area contributed by atoms with Gasteiger partial charge in [0.1, 0.15) is 17.5 Å². The van der Waals surface area contributed by atoms with Crippen LogP contribution in [0.4, 0.5) is 11.7 Å². The molecule has 1 aliphatic rings. The van der Waals surface area contributed by atoms with Gasteiger partial charge in [-0.2, -0.15) is 4.98 Å². The number of carbonyl (C=O) groups is 1. The fourth-order valence-corrected chi connectivity index (χ4v) is 5.74. The zero-order valence-electron chi connectivity index (χ0n) is 22.9. The van der Waals surface area contributed by atoms with Crippen LogP contribution < -0.4 is 10.6 Å². The molecule has 0 bridgehead atoms. The molecule has 0 unspecified atom stereocenters. The summed E-state index contributed by atoms with van der Waals surface area (Å²) in [4.78, 5) is 32.4. The lowest BCUT2D eigenvalue weighted by Gasteiger charge is -2.38. The van der Waals surface area contributed by atoms with E-state index in [2.05, 4.69) is 20.6 Å². The molecule has 3 N–H and O–H groups in total. The van der Waals surface area contributed by atoms with Crippen molar-refractivity contribution in [2.75, 3.05) is 25.6 Å². The Balaban J connectivity index is 1.40. The Morgan fingerprint density at radius 2 is 1.93 bits per heavy atom. The molecule has 1 atom stereocenters. The number of non-ortho nitro benzene ring substituents is 1. The number of aromatic amines is 1. The zero-order chi connectivity index (χ0) is 28.2. The van der Waals surface area contributed by atoms with Crippen LogP contribution in [0.25, 0.3) is 22.2 Å². The third-order valence-electron chi connectivity index (χ3n) is 7.97. The van der Waals surface area contributed by atoms with E-state index in [-0.39, 0.29) is 23.0 Å². The van der Waals surface area contributed by atoms with Crippen LogP contribution in [0, 0.1) is 15.5 Å². The molecular formula is C30H35N5O5. The SMILES string of the molecule is COCC1(CNC(=O)[C@](C)(Cc2c[nH]c3ccccc23)Nc2nc(-c3ccc([N+](=O)[O-])cc3)co2)CCCCC1. The molecule has 0 spiro atoms. The largest absolute Gasteiger partial charge is 0.431 e. The van der Waals surface area contributed by atoms with Gasteiger partial charge in [0, 0.05) is 60.3 Å². The highest BCUT2D eigenvalue weighted by molar-refractivity contribution is 5.91. The topological polar surface area (TPSA) is 135 Å². The quantitative estimate of drug-likeness (QED) is 0.159. The number of amides is 1. The molecule has 2 aromatic heterocycles. The van der Waals surface area contributed by atoms with Crippen molar-refractivity contribution in [2.24, 2.45) is 5.41 Å². The van der Waals surface area contributed by atoms with Crippen molar-refractivity contribution < 1.29 is 18.9 Å². The van der Waals surface area contributed by atoms with Crippen molar-refractivity contribution >= 4 is 28.5 Å². The van der Waals surface area contributed by atoms with Crippen LogP contribution >= 0.6 is 0 Å². The van der Waals surface area contributed by atoms with Crippen molar-refractivity contribution in [1.29, 1.82) is 0 Å². The number of rotatable bonds is 11. The molecule has 10 nitrogen and oxygen atoms in total. The zero-order valence-corrected chi connectivity index (χ0v) is 22.9. The van der Waals surface area contributed by atoms with E-state index in [1.807, 2.05) is 37.4 Å². The minimum atomic E-state index is -1.09. The number of fused-ring (bicyclic) bond motifs is 1. The Labute approximate surface area is 232 Å². The maximum Gasteiger partial charge on any atom is 0.295 e. The summed E-state index contributed by atoms with van der Waals surface area (Å²) in [6.07, 6.45) is 9.30. The number of ether oxygens (including phenoxy) is 1. The van der Waals surface area contributed by atoms with Gasteiger partial charge in [-0.15, -0.1) is 0 Å². The number of carbonyl (C=O) groups excluding carboxylic acids is 1. The number of benzene rings is 2. The fraction of sp³-hybridized carbons (Fsp3) is 0.400. The molecule has 5 rings (SSSR count). The van der Waals surface area contributed by atoms with Crippen LogP contribution in [0.1, 0.15) is 44.6 Å². The number of nitrogens with zero attached hydrogens (tertiary/aromatic N) is 2. The van der Waals surface area contributed by atoms with Gasteiger partial charge in [-0.1, -0.05) is 37.5 Å². The number of nitro groups is 1. The first-order valence-corrected chi connectivity index (χ1v) is 13.6. The average Bonchev–Trinajstić information content (AvgIpc) is 3.59. The number of hydrogen-bond acceptors (Lipinski definition) is 7. The van der Waals surface area contributed by atoms with E-state index >= 15 is 0 Å². The van der Waals surface area contributed by atoms with Gasteiger partial charge in [0.2, 0.25) is 5.91 Å². The monoisotopic (exact) mass is 545 g/mol. The van der Waals surface area contributed by atoms with Crippen LogP contribution in [0.5, 0.6) is 0 Å². The van der Waals surface area contributed by atoms with E-state index in [4.69, 9.17) is 9.15 Å². The second kappa shape index (κ2) is 11.5. The Bertz CT molecular complexity index is 1470. The highest BCUT2D eigenvalue weighted by Crippen LogP contribution is 2.36. The highest BCUT2D eigenvalue weighted by Gasteiger charge is 2.39. The smallest absolute Gasteiger partial charge is 0.295 e. The summed E-state index contributed by atoms with van der Waals surface area (Å²) in [5.41, 5.74) is 2.00. The normalized spacial score (nSPS) is 16.4. The Hall–Kier alpha value is -4.18. The number of aromatic nitrogens is 2. The van der Waals surface area contributed by atoms with Crippen LogP contribution in [-0.2, 0) is 16.0 Å². The first kappa shape index (κ1) is 27.4. The molecule has 0 saturated heterocycles. The Morgan fingerprint density at radius 3 is 2.65 bits per heavy atom. The molecule has 210 valence electrons. The lowest BCUT2D eigenvalue weighted by molar-refractivity contribution is -0.384. The summed E-state index contributed by atoms with van der Waals surface area (Å²) in [5, 5.41) is 18.6. The molecule has 4 aromatic rings. The maximum absolute atomic E-state index is 13.9. The lowest BCUT2D eigenvalue weighted by atomic mass is 9.74. The highest BCUT2D eigenvalue weighted by atomic mass is 16.6. The van der Waals surface area contributed by atoms with Crippen molar-refractivity contribution in [2.45, 2.75) is 51.0 Å².